The highest BCUT2D eigenvalue weighted by Crippen LogP contribution is 2.29. The molecule has 6 nitrogen and oxygen atoms in total. The van der Waals surface area contributed by atoms with Crippen LogP contribution in [0.15, 0.2) is 47.4 Å². The average molecular weight is 457 g/mol. The molecule has 2 aromatic carbocycles. The number of nitrogens with one attached hydrogen (secondary N) is 2. The van der Waals surface area contributed by atoms with Gasteiger partial charge in [0.15, 0.2) is 0 Å². The summed E-state index contributed by atoms with van der Waals surface area (Å²) in [6, 6.07) is 12.2. The topological polar surface area (TPSA) is 84.5 Å². The SMILES string of the molecule is O=C(NCCc1ccccc1)c1cc(S(=O)(=O)NC[C@H]2CCCO2)c(Cl)cc1Cl. The number of halogens is 2. The van der Waals surface area contributed by atoms with Gasteiger partial charge in [-0.15, -0.1) is 0 Å². The second-order valence-electron chi connectivity index (χ2n) is 6.74. The molecule has 29 heavy (non-hydrogen) atoms. The fraction of sp³-hybridized carbons (Fsp3) is 0.350. The molecule has 1 fully saturated rings. The van der Waals surface area contributed by atoms with Gasteiger partial charge in [0.25, 0.3) is 5.91 Å². The van der Waals surface area contributed by atoms with E-state index in [0.717, 1.165) is 18.4 Å². The van der Waals surface area contributed by atoms with E-state index in [0.29, 0.717) is 19.6 Å². The highest BCUT2D eigenvalue weighted by molar-refractivity contribution is 7.89. The summed E-state index contributed by atoms with van der Waals surface area (Å²) in [6.07, 6.45) is 2.19. The third-order valence-corrected chi connectivity index (χ3v) is 6.82. The summed E-state index contributed by atoms with van der Waals surface area (Å²) in [6.45, 7) is 1.17. The molecule has 1 aliphatic rings. The Morgan fingerprint density at radius 3 is 2.59 bits per heavy atom. The second-order valence-corrected chi connectivity index (χ2v) is 9.29. The Balaban J connectivity index is 1.69. The molecule has 2 N–H and O–H groups in total. The number of benzene rings is 2. The van der Waals surface area contributed by atoms with Crippen molar-refractivity contribution in [3.8, 4) is 0 Å². The zero-order chi connectivity index (χ0) is 20.9. The third-order valence-electron chi connectivity index (χ3n) is 4.62. The molecule has 1 aliphatic heterocycles. The van der Waals surface area contributed by atoms with E-state index in [1.807, 2.05) is 30.3 Å². The monoisotopic (exact) mass is 456 g/mol. The fourth-order valence-corrected chi connectivity index (χ4v) is 4.98. The summed E-state index contributed by atoms with van der Waals surface area (Å²) in [5.74, 6) is -0.460. The summed E-state index contributed by atoms with van der Waals surface area (Å²) >= 11 is 12.2. The number of rotatable bonds is 8. The number of carbonyl (C=O) groups excluding carboxylic acids is 1. The molecule has 1 amide bonds. The maximum absolute atomic E-state index is 12.7. The molecule has 1 saturated heterocycles. The molecule has 0 unspecified atom stereocenters. The van der Waals surface area contributed by atoms with Gasteiger partial charge >= 0.3 is 0 Å². The molecule has 1 atom stereocenters. The van der Waals surface area contributed by atoms with E-state index in [-0.39, 0.29) is 33.2 Å². The van der Waals surface area contributed by atoms with Crippen LogP contribution < -0.4 is 10.0 Å². The van der Waals surface area contributed by atoms with Gasteiger partial charge in [-0.1, -0.05) is 53.5 Å². The van der Waals surface area contributed by atoms with Crippen LogP contribution in [0, 0.1) is 0 Å². The first-order valence-corrected chi connectivity index (χ1v) is 11.5. The maximum Gasteiger partial charge on any atom is 0.252 e. The Morgan fingerprint density at radius 2 is 1.90 bits per heavy atom. The van der Waals surface area contributed by atoms with E-state index >= 15 is 0 Å². The number of hydrogen-bond donors (Lipinski definition) is 2. The molecular formula is C20H22Cl2N2O4S. The molecule has 0 aromatic heterocycles. The third kappa shape index (κ3) is 5.93. The van der Waals surface area contributed by atoms with E-state index in [9.17, 15) is 13.2 Å². The van der Waals surface area contributed by atoms with E-state index in [1.165, 1.54) is 12.1 Å². The first kappa shape index (κ1) is 22.1. The number of ether oxygens (including phenoxy) is 1. The smallest absolute Gasteiger partial charge is 0.252 e. The lowest BCUT2D eigenvalue weighted by Crippen LogP contribution is -2.32. The second kappa shape index (κ2) is 9.91. The summed E-state index contributed by atoms with van der Waals surface area (Å²) in [7, 11) is -3.92. The van der Waals surface area contributed by atoms with Crippen LogP contribution >= 0.6 is 23.2 Å². The van der Waals surface area contributed by atoms with Crippen molar-refractivity contribution in [2.75, 3.05) is 19.7 Å². The minimum absolute atomic E-state index is 0.0457. The van der Waals surface area contributed by atoms with Gasteiger partial charge in [0.2, 0.25) is 10.0 Å². The zero-order valence-corrected chi connectivity index (χ0v) is 18.0. The van der Waals surface area contributed by atoms with Crippen molar-refractivity contribution in [1.29, 1.82) is 0 Å². The molecule has 9 heteroatoms. The van der Waals surface area contributed by atoms with Gasteiger partial charge in [-0.05, 0) is 37.0 Å². The fourth-order valence-electron chi connectivity index (χ4n) is 3.06. The van der Waals surface area contributed by atoms with E-state index < -0.39 is 15.9 Å². The average Bonchev–Trinajstić information content (AvgIpc) is 3.21. The van der Waals surface area contributed by atoms with Crippen molar-refractivity contribution in [2.45, 2.75) is 30.3 Å². The maximum atomic E-state index is 12.7. The number of sulfonamides is 1. The minimum Gasteiger partial charge on any atom is -0.377 e. The van der Waals surface area contributed by atoms with Gasteiger partial charge in [-0.25, -0.2) is 13.1 Å². The molecule has 0 radical (unpaired) electrons. The Morgan fingerprint density at radius 1 is 1.14 bits per heavy atom. The normalized spacial score (nSPS) is 16.7. The Kier molecular flexibility index (Phi) is 7.54. The Hall–Kier alpha value is -1.64. The molecule has 3 rings (SSSR count). The van der Waals surface area contributed by atoms with Gasteiger partial charge in [0.05, 0.1) is 21.7 Å². The molecule has 0 spiro atoms. The lowest BCUT2D eigenvalue weighted by molar-refractivity contribution is 0.0954. The van der Waals surface area contributed by atoms with Crippen LogP contribution in [-0.4, -0.2) is 40.1 Å². The van der Waals surface area contributed by atoms with Crippen molar-refractivity contribution in [3.63, 3.8) is 0 Å². The largest absolute Gasteiger partial charge is 0.377 e. The predicted octanol–water partition coefficient (Wildman–Crippen LogP) is 3.42. The summed E-state index contributed by atoms with van der Waals surface area (Å²) in [4.78, 5) is 12.4. The molecular weight excluding hydrogens is 435 g/mol. The van der Waals surface area contributed by atoms with Crippen molar-refractivity contribution in [3.05, 3.63) is 63.6 Å². The van der Waals surface area contributed by atoms with Crippen molar-refractivity contribution in [2.24, 2.45) is 0 Å². The number of amides is 1. The van der Waals surface area contributed by atoms with Crippen LogP contribution in [0.4, 0.5) is 0 Å². The van der Waals surface area contributed by atoms with Crippen LogP contribution in [0.5, 0.6) is 0 Å². The summed E-state index contributed by atoms with van der Waals surface area (Å²) < 4.78 is 33.3. The lowest BCUT2D eigenvalue weighted by atomic mass is 10.1. The number of hydrogen-bond acceptors (Lipinski definition) is 4. The van der Waals surface area contributed by atoms with Gasteiger partial charge in [-0.3, -0.25) is 4.79 Å². The highest BCUT2D eigenvalue weighted by Gasteiger charge is 2.24. The van der Waals surface area contributed by atoms with Crippen LogP contribution in [-0.2, 0) is 21.2 Å². The van der Waals surface area contributed by atoms with E-state index in [4.69, 9.17) is 27.9 Å². The molecule has 156 valence electrons. The van der Waals surface area contributed by atoms with Crippen LogP contribution in [0.1, 0.15) is 28.8 Å². The van der Waals surface area contributed by atoms with Gasteiger partial charge < -0.3 is 10.1 Å². The molecule has 0 aliphatic carbocycles. The molecule has 0 bridgehead atoms. The predicted molar refractivity (Wildman–Crippen MR) is 113 cm³/mol. The zero-order valence-electron chi connectivity index (χ0n) is 15.7. The van der Waals surface area contributed by atoms with Crippen LogP contribution in [0.25, 0.3) is 0 Å². The van der Waals surface area contributed by atoms with E-state index in [2.05, 4.69) is 10.0 Å². The van der Waals surface area contributed by atoms with E-state index in [1.54, 1.807) is 0 Å². The highest BCUT2D eigenvalue weighted by atomic mass is 35.5. The summed E-state index contributed by atoms with van der Waals surface area (Å²) in [5, 5.41) is 2.80. The number of carbonyl (C=O) groups is 1. The molecule has 1 heterocycles. The lowest BCUT2D eigenvalue weighted by Gasteiger charge is -2.14. The minimum atomic E-state index is -3.92. The van der Waals surface area contributed by atoms with Crippen LogP contribution in [0.3, 0.4) is 0 Å². The Bertz CT molecular complexity index is 962. The van der Waals surface area contributed by atoms with Gasteiger partial charge in [0.1, 0.15) is 4.90 Å². The van der Waals surface area contributed by atoms with Crippen molar-refractivity contribution < 1.29 is 17.9 Å². The standard InChI is InChI=1S/C20H22Cl2N2O4S/c21-17-12-18(22)19(29(26,27)24-13-15-7-4-10-28-15)11-16(17)20(25)23-9-8-14-5-2-1-3-6-14/h1-3,5-6,11-12,15,24H,4,7-10,13H2,(H,23,25)/t15-/m1/s1. The molecule has 2 aromatic rings. The first-order chi connectivity index (χ1) is 13.9. The van der Waals surface area contributed by atoms with Gasteiger partial charge in [-0.2, -0.15) is 0 Å². The van der Waals surface area contributed by atoms with Crippen molar-refractivity contribution in [1.82, 2.24) is 10.0 Å². The van der Waals surface area contributed by atoms with Gasteiger partial charge in [0, 0.05) is 19.7 Å². The van der Waals surface area contributed by atoms with Crippen LogP contribution in [0.2, 0.25) is 10.0 Å². The Labute approximate surface area is 180 Å². The van der Waals surface area contributed by atoms with Crippen molar-refractivity contribution >= 4 is 39.1 Å². The first-order valence-electron chi connectivity index (χ1n) is 9.29. The molecule has 0 saturated carbocycles. The quantitative estimate of drug-likeness (QED) is 0.636. The summed E-state index contributed by atoms with van der Waals surface area (Å²) in [5.41, 5.74) is 1.14.